The van der Waals surface area contributed by atoms with Gasteiger partial charge in [-0.1, -0.05) is 33.8 Å². The lowest BCUT2D eigenvalue weighted by Crippen LogP contribution is -2.64. The number of pyridine rings is 1. The second-order valence-electron chi connectivity index (χ2n) is 20.2. The maximum absolute atomic E-state index is 14.7. The van der Waals surface area contributed by atoms with E-state index in [0.29, 0.717) is 50.4 Å². The van der Waals surface area contributed by atoms with E-state index in [2.05, 4.69) is 65.8 Å². The molecule has 4 saturated heterocycles. The van der Waals surface area contributed by atoms with Crippen molar-refractivity contribution in [1.29, 1.82) is 0 Å². The number of ether oxygens (including phenoxy) is 2. The van der Waals surface area contributed by atoms with Crippen LogP contribution < -0.4 is 16.1 Å². The summed E-state index contributed by atoms with van der Waals surface area (Å²) in [5.41, 5.74) is 9.18. The third-order valence-corrected chi connectivity index (χ3v) is 15.2. The molecule has 3 N–H and O–H groups in total. The van der Waals surface area contributed by atoms with Gasteiger partial charge >= 0.3 is 12.0 Å². The summed E-state index contributed by atoms with van der Waals surface area (Å²) in [4.78, 5) is 85.7. The maximum Gasteiger partial charge on any atom is 0.324 e. The number of rotatable bonds is 8. The summed E-state index contributed by atoms with van der Waals surface area (Å²) in [6.45, 7) is 12.0. The predicted octanol–water partition coefficient (Wildman–Crippen LogP) is 4.44. The molecule has 7 atom stereocenters. The lowest BCUT2D eigenvalue weighted by atomic mass is 9.84. The molecule has 18 heteroatoms. The molecule has 1 aromatic carbocycles. The zero-order valence-electron chi connectivity index (χ0n) is 39.8. The van der Waals surface area contributed by atoms with Crippen LogP contribution in [0, 0.1) is 11.3 Å². The van der Waals surface area contributed by atoms with Crippen molar-refractivity contribution in [1.82, 2.24) is 50.3 Å². The largest absolute Gasteiger partial charge is 0.464 e. The normalized spacial score (nSPS) is 24.9. The Balaban J connectivity index is 1.04. The number of fused-ring (bicyclic) bond motifs is 8. The first-order valence-corrected chi connectivity index (χ1v) is 24.6. The molecule has 5 aliphatic rings. The second-order valence-corrected chi connectivity index (χ2v) is 21.1. The fourth-order valence-electron chi connectivity index (χ4n) is 10.7. The Labute approximate surface area is 395 Å². The van der Waals surface area contributed by atoms with E-state index < -0.39 is 41.3 Å². The summed E-state index contributed by atoms with van der Waals surface area (Å²) in [5, 5.41) is 11.2. The Bertz CT molecular complexity index is 2560. The molecule has 8 heterocycles. The summed E-state index contributed by atoms with van der Waals surface area (Å²) >= 11 is 1.41. The molecule has 5 amide bonds. The fraction of sp³-hybridized carbons (Fsp3) is 0.571. The Morgan fingerprint density at radius 1 is 1.07 bits per heavy atom. The number of methoxy groups -OCH3 is 1. The van der Waals surface area contributed by atoms with Gasteiger partial charge in [-0.3, -0.25) is 29.2 Å². The van der Waals surface area contributed by atoms with Crippen LogP contribution in [-0.2, 0) is 48.5 Å². The summed E-state index contributed by atoms with van der Waals surface area (Å²) < 4.78 is 14.1. The molecule has 358 valence electrons. The molecule has 67 heavy (non-hydrogen) atoms. The van der Waals surface area contributed by atoms with Crippen LogP contribution >= 0.6 is 11.3 Å². The number of benzene rings is 1. The quantitative estimate of drug-likeness (QED) is 0.167. The van der Waals surface area contributed by atoms with Crippen molar-refractivity contribution in [3.05, 3.63) is 58.2 Å². The topological polar surface area (TPSA) is 193 Å². The summed E-state index contributed by atoms with van der Waals surface area (Å²) in [7, 11) is 5.39. The molecule has 17 nitrogen and oxygen atoms in total. The molecule has 0 aliphatic carbocycles. The lowest BCUT2D eigenvalue weighted by molar-refractivity contribution is -0.155. The van der Waals surface area contributed by atoms with Crippen LogP contribution in [0.1, 0.15) is 82.7 Å². The van der Waals surface area contributed by atoms with Gasteiger partial charge in [0, 0.05) is 92.8 Å². The average Bonchev–Trinajstić information content (AvgIpc) is 3.93. The van der Waals surface area contributed by atoms with Gasteiger partial charge in [-0.25, -0.2) is 15.2 Å². The van der Waals surface area contributed by atoms with Gasteiger partial charge in [0.15, 0.2) is 0 Å². The zero-order chi connectivity index (χ0) is 47.5. The van der Waals surface area contributed by atoms with Gasteiger partial charge in [-0.15, -0.1) is 11.3 Å². The van der Waals surface area contributed by atoms with Crippen molar-refractivity contribution in [2.45, 2.75) is 115 Å². The van der Waals surface area contributed by atoms with Crippen molar-refractivity contribution in [3.8, 4) is 22.5 Å². The van der Waals surface area contributed by atoms with Crippen molar-refractivity contribution in [3.63, 3.8) is 0 Å². The number of aryl methyl sites for hydroxylation is 1. The number of nitrogens with one attached hydrogen (secondary N) is 3. The van der Waals surface area contributed by atoms with E-state index in [9.17, 15) is 24.0 Å². The molecule has 0 saturated carbocycles. The maximum atomic E-state index is 14.7. The molecule has 3 aromatic heterocycles. The zero-order valence-corrected chi connectivity index (χ0v) is 40.7. The van der Waals surface area contributed by atoms with Crippen LogP contribution in [0.3, 0.4) is 0 Å². The standard InChI is InChI=1S/C49H64N10O7S/c1-27(2)42(56(7)48(64)59-30-14-15-31(59)24-57(23-30)45(61)37-22-51-37)44(60)53-36-20-40-52-38(25-67-40)29-13-16-39-33(19-29)34(43(55(39)6)32-11-9-17-50-41(32)28(3)65-8)21-49(4,5)26-66-47(63)35-12-10-18-58(54-35)46(36)62/h9,11,13,16-17,19,25,27-28,30-31,35-37,42,51,54H,10,12,14-15,18,20-24,26H2,1-8H3,(H,53,60)/t28-,30?,31?,35-,36-,37+,42-/m0/s1. The summed E-state index contributed by atoms with van der Waals surface area (Å²) in [6.07, 6.45) is 4.77. The first kappa shape index (κ1) is 46.7. The van der Waals surface area contributed by atoms with Crippen molar-refractivity contribution >= 4 is 52.0 Å². The summed E-state index contributed by atoms with van der Waals surface area (Å²) in [5.74, 6) is -1.56. The smallest absolute Gasteiger partial charge is 0.324 e. The number of likely N-dealkylation sites (tertiary alicyclic amines) is 1. The fourth-order valence-corrected chi connectivity index (χ4v) is 11.6. The van der Waals surface area contributed by atoms with E-state index in [-0.39, 0.29) is 55.1 Å². The number of hydrogen-bond acceptors (Lipinski definition) is 12. The molecule has 9 rings (SSSR count). The number of cyclic esters (lactones) is 1. The van der Waals surface area contributed by atoms with E-state index in [1.807, 2.05) is 42.0 Å². The molecule has 4 fully saturated rings. The first-order valence-electron chi connectivity index (χ1n) is 23.7. The van der Waals surface area contributed by atoms with Gasteiger partial charge in [0.2, 0.25) is 11.8 Å². The highest BCUT2D eigenvalue weighted by Crippen LogP contribution is 2.41. The van der Waals surface area contributed by atoms with Crippen LogP contribution in [0.2, 0.25) is 0 Å². The van der Waals surface area contributed by atoms with E-state index in [1.165, 1.54) is 21.2 Å². The minimum atomic E-state index is -1.08. The molecule has 5 aliphatic heterocycles. The molecular weight excluding hydrogens is 873 g/mol. The van der Waals surface area contributed by atoms with E-state index in [0.717, 1.165) is 57.5 Å². The second kappa shape index (κ2) is 18.6. The van der Waals surface area contributed by atoms with Crippen LogP contribution in [0.25, 0.3) is 33.4 Å². The highest BCUT2D eigenvalue weighted by molar-refractivity contribution is 7.10. The van der Waals surface area contributed by atoms with Crippen molar-refractivity contribution in [2.75, 3.05) is 46.9 Å². The number of nitrogens with zero attached hydrogens (tertiary/aromatic N) is 7. The van der Waals surface area contributed by atoms with Gasteiger partial charge in [-0.05, 0) is 74.8 Å². The number of likely N-dealkylation sites (N-methyl/N-ethyl adjacent to an activating group) is 1. The third kappa shape index (κ3) is 9.16. The monoisotopic (exact) mass is 936 g/mol. The number of urea groups is 1. The van der Waals surface area contributed by atoms with E-state index in [4.69, 9.17) is 19.4 Å². The predicted molar refractivity (Wildman–Crippen MR) is 253 cm³/mol. The molecule has 0 spiro atoms. The number of hydrogen-bond donors (Lipinski definition) is 3. The van der Waals surface area contributed by atoms with Crippen LogP contribution in [0.5, 0.6) is 0 Å². The number of amides is 5. The van der Waals surface area contributed by atoms with Gasteiger partial charge in [-0.2, -0.15) is 0 Å². The van der Waals surface area contributed by atoms with E-state index in [1.54, 1.807) is 20.4 Å². The third-order valence-electron chi connectivity index (χ3n) is 14.3. The van der Waals surface area contributed by atoms with Crippen LogP contribution in [-0.4, -0.2) is 147 Å². The van der Waals surface area contributed by atoms with Gasteiger partial charge < -0.3 is 39.4 Å². The minimum absolute atomic E-state index is 0.0814. The van der Waals surface area contributed by atoms with Crippen molar-refractivity contribution in [2.24, 2.45) is 18.4 Å². The molecular formula is C49H64N10O7S. The Kier molecular flexibility index (Phi) is 12.9. The highest BCUT2D eigenvalue weighted by Gasteiger charge is 2.48. The molecule has 4 aromatic rings. The average molecular weight is 937 g/mol. The molecule has 8 bridgehead atoms. The summed E-state index contributed by atoms with van der Waals surface area (Å²) in [6, 6.07) is 6.89. The highest BCUT2D eigenvalue weighted by atomic mass is 32.1. The number of carbonyl (C=O) groups excluding carboxylic acids is 5. The van der Waals surface area contributed by atoms with Crippen molar-refractivity contribution < 1.29 is 33.4 Å². The Hall–Kier alpha value is -5.43. The minimum Gasteiger partial charge on any atom is -0.464 e. The Morgan fingerprint density at radius 3 is 2.52 bits per heavy atom. The van der Waals surface area contributed by atoms with Gasteiger partial charge in [0.25, 0.3) is 5.91 Å². The number of thiazole rings is 1. The number of aromatic nitrogens is 3. The van der Waals surface area contributed by atoms with E-state index >= 15 is 0 Å². The molecule has 0 radical (unpaired) electrons. The number of hydrazine groups is 1. The van der Waals surface area contributed by atoms with Crippen LogP contribution in [0.15, 0.2) is 41.9 Å². The number of carbonyl (C=O) groups is 5. The van der Waals surface area contributed by atoms with Gasteiger partial charge in [0.05, 0.1) is 52.9 Å². The Morgan fingerprint density at radius 2 is 1.82 bits per heavy atom. The van der Waals surface area contributed by atoms with Gasteiger partial charge in [0.1, 0.15) is 18.1 Å². The SMILES string of the molecule is CO[C@@H](C)c1ncccc1-c1c2c3cc(ccc3n1C)-c1csc(n1)C[C@H](NC(=O)[C@H](C(C)C)N(C)C(=O)N1C3CCC1CN(C(=O)[C@H]1CN1)C3)C(=O)N1CCC[C@H](N1)C(=O)OCC(C)(C)C2. The van der Waals surface area contributed by atoms with Crippen LogP contribution in [0.4, 0.5) is 4.79 Å². The number of piperazine rings is 1. The molecule has 2 unspecified atom stereocenters. The lowest BCUT2D eigenvalue weighted by Gasteiger charge is -2.44. The number of esters is 1. The first-order chi connectivity index (χ1) is 32.0.